The zero-order valence-electron chi connectivity index (χ0n) is 14.3. The first-order chi connectivity index (χ1) is 12.6. The van der Waals surface area contributed by atoms with Crippen LogP contribution < -0.4 is 15.4 Å². The third kappa shape index (κ3) is 4.86. The van der Waals surface area contributed by atoms with E-state index in [0.717, 1.165) is 5.69 Å². The van der Waals surface area contributed by atoms with Crippen molar-refractivity contribution in [2.45, 2.75) is 18.6 Å². The summed E-state index contributed by atoms with van der Waals surface area (Å²) >= 11 is 1.27. The molecule has 0 spiro atoms. The summed E-state index contributed by atoms with van der Waals surface area (Å²) in [7, 11) is 0. The average molecular weight is 369 g/mol. The number of ether oxygens (including phenoxy) is 1. The van der Waals surface area contributed by atoms with Crippen molar-refractivity contribution >= 4 is 40.1 Å². The van der Waals surface area contributed by atoms with Gasteiger partial charge in [-0.3, -0.25) is 9.59 Å². The molecule has 7 heteroatoms. The van der Waals surface area contributed by atoms with E-state index < -0.39 is 5.25 Å². The first-order valence-electron chi connectivity index (χ1n) is 8.28. The molecule has 0 radical (unpaired) electrons. The maximum absolute atomic E-state index is 12.3. The van der Waals surface area contributed by atoms with Crippen molar-refractivity contribution in [3.05, 3.63) is 54.6 Å². The van der Waals surface area contributed by atoms with E-state index in [1.54, 1.807) is 12.1 Å². The molecule has 1 saturated heterocycles. The van der Waals surface area contributed by atoms with E-state index in [0.29, 0.717) is 23.2 Å². The Bertz CT molecular complexity index is 824. The Morgan fingerprint density at radius 2 is 2.04 bits per heavy atom. The highest BCUT2D eigenvalue weighted by Gasteiger charge is 2.32. The van der Waals surface area contributed by atoms with Crippen LogP contribution in [0.3, 0.4) is 0 Å². The monoisotopic (exact) mass is 369 g/mol. The van der Waals surface area contributed by atoms with E-state index >= 15 is 0 Å². The van der Waals surface area contributed by atoms with Crippen LogP contribution in [-0.2, 0) is 9.59 Å². The lowest BCUT2D eigenvalue weighted by atomic mass is 10.2. The van der Waals surface area contributed by atoms with Gasteiger partial charge in [0.2, 0.25) is 11.8 Å². The van der Waals surface area contributed by atoms with Crippen LogP contribution in [0.25, 0.3) is 0 Å². The fourth-order valence-corrected chi connectivity index (χ4v) is 3.41. The van der Waals surface area contributed by atoms with Gasteiger partial charge in [0.15, 0.2) is 5.17 Å². The second-order valence-corrected chi connectivity index (χ2v) is 6.75. The van der Waals surface area contributed by atoms with Gasteiger partial charge in [-0.05, 0) is 31.2 Å². The van der Waals surface area contributed by atoms with Crippen molar-refractivity contribution in [1.82, 2.24) is 5.32 Å². The maximum Gasteiger partial charge on any atom is 0.240 e. The quantitative estimate of drug-likeness (QED) is 0.818. The van der Waals surface area contributed by atoms with Crippen molar-refractivity contribution in [2.75, 3.05) is 11.9 Å². The first kappa shape index (κ1) is 18.0. The van der Waals surface area contributed by atoms with Crippen LogP contribution in [0.4, 0.5) is 11.4 Å². The summed E-state index contributed by atoms with van der Waals surface area (Å²) < 4.78 is 5.41. The van der Waals surface area contributed by atoms with Gasteiger partial charge < -0.3 is 15.4 Å². The molecule has 1 aliphatic heterocycles. The number of anilines is 1. The number of hydrogen-bond donors (Lipinski definition) is 2. The molecule has 3 rings (SSSR count). The first-order valence-corrected chi connectivity index (χ1v) is 9.16. The minimum absolute atomic E-state index is 0.0726. The van der Waals surface area contributed by atoms with Crippen LogP contribution in [0.1, 0.15) is 13.3 Å². The van der Waals surface area contributed by atoms with Crippen LogP contribution in [0.5, 0.6) is 5.75 Å². The lowest BCUT2D eigenvalue weighted by Crippen LogP contribution is -2.28. The van der Waals surface area contributed by atoms with Crippen molar-refractivity contribution in [2.24, 2.45) is 4.99 Å². The number of amides is 2. The Balaban J connectivity index is 1.58. The summed E-state index contributed by atoms with van der Waals surface area (Å²) in [6, 6.07) is 16.5. The molecule has 2 aromatic rings. The third-order valence-electron chi connectivity index (χ3n) is 3.56. The van der Waals surface area contributed by atoms with E-state index in [4.69, 9.17) is 4.74 Å². The van der Waals surface area contributed by atoms with E-state index in [9.17, 15) is 9.59 Å². The van der Waals surface area contributed by atoms with Gasteiger partial charge in [-0.25, -0.2) is 4.99 Å². The van der Waals surface area contributed by atoms with Gasteiger partial charge in [0, 0.05) is 18.2 Å². The minimum atomic E-state index is -0.493. The summed E-state index contributed by atoms with van der Waals surface area (Å²) in [5.41, 5.74) is 1.40. The molecule has 0 aliphatic carbocycles. The van der Waals surface area contributed by atoms with Crippen LogP contribution in [-0.4, -0.2) is 28.8 Å². The fourth-order valence-electron chi connectivity index (χ4n) is 2.42. The highest BCUT2D eigenvalue weighted by molar-refractivity contribution is 8.15. The highest BCUT2D eigenvalue weighted by atomic mass is 32.2. The average Bonchev–Trinajstić information content (AvgIpc) is 2.95. The topological polar surface area (TPSA) is 79.8 Å². The van der Waals surface area contributed by atoms with Gasteiger partial charge in [0.05, 0.1) is 12.3 Å². The predicted molar refractivity (Wildman–Crippen MR) is 104 cm³/mol. The molecular weight excluding hydrogens is 350 g/mol. The van der Waals surface area contributed by atoms with E-state index in [2.05, 4.69) is 15.6 Å². The van der Waals surface area contributed by atoms with Crippen LogP contribution in [0.15, 0.2) is 59.6 Å². The van der Waals surface area contributed by atoms with Crippen molar-refractivity contribution < 1.29 is 14.3 Å². The largest absolute Gasteiger partial charge is 0.494 e. The van der Waals surface area contributed by atoms with Gasteiger partial charge in [0.1, 0.15) is 11.0 Å². The van der Waals surface area contributed by atoms with E-state index in [1.807, 2.05) is 49.4 Å². The number of carbonyl (C=O) groups is 2. The molecule has 6 nitrogen and oxygen atoms in total. The number of thioether (sulfide) groups is 1. The summed E-state index contributed by atoms with van der Waals surface area (Å²) in [4.78, 5) is 28.7. The normalized spacial score (nSPS) is 17.8. The Kier molecular flexibility index (Phi) is 5.91. The van der Waals surface area contributed by atoms with Crippen LogP contribution in [0.2, 0.25) is 0 Å². The maximum atomic E-state index is 12.3. The molecule has 1 unspecified atom stereocenters. The SMILES string of the molecule is CCOc1cccc(NC(=O)CC2SC(=Nc3ccccc3)NC2=O)c1. The Hall–Kier alpha value is -2.80. The van der Waals surface area contributed by atoms with Gasteiger partial charge >= 0.3 is 0 Å². The summed E-state index contributed by atoms with van der Waals surface area (Å²) in [6.07, 6.45) is 0.0726. The molecule has 2 aromatic carbocycles. The third-order valence-corrected chi connectivity index (χ3v) is 4.64. The molecular formula is C19H19N3O3S. The number of nitrogens with one attached hydrogen (secondary N) is 2. The molecule has 1 atom stereocenters. The number of para-hydroxylation sites is 1. The lowest BCUT2D eigenvalue weighted by Gasteiger charge is -2.09. The van der Waals surface area contributed by atoms with Gasteiger partial charge in [0.25, 0.3) is 0 Å². The van der Waals surface area contributed by atoms with Gasteiger partial charge in [-0.2, -0.15) is 0 Å². The molecule has 1 aliphatic rings. The van der Waals surface area contributed by atoms with Crippen LogP contribution in [0, 0.1) is 0 Å². The number of nitrogens with zero attached hydrogens (tertiary/aromatic N) is 1. The molecule has 2 amide bonds. The molecule has 134 valence electrons. The number of carbonyl (C=O) groups excluding carboxylic acids is 2. The molecule has 1 heterocycles. The summed E-state index contributed by atoms with van der Waals surface area (Å²) in [6.45, 7) is 2.45. The molecule has 26 heavy (non-hydrogen) atoms. The van der Waals surface area contributed by atoms with E-state index in [1.165, 1.54) is 11.8 Å². The minimum Gasteiger partial charge on any atom is -0.494 e. The predicted octanol–water partition coefficient (Wildman–Crippen LogP) is 3.33. The Morgan fingerprint density at radius 3 is 2.81 bits per heavy atom. The molecule has 1 fully saturated rings. The summed E-state index contributed by atoms with van der Waals surface area (Å²) in [5.74, 6) is 0.255. The second kappa shape index (κ2) is 8.53. The number of hydrogen-bond acceptors (Lipinski definition) is 5. The smallest absolute Gasteiger partial charge is 0.240 e. The molecule has 0 bridgehead atoms. The summed E-state index contributed by atoms with van der Waals surface area (Å²) in [5, 5.41) is 5.54. The highest BCUT2D eigenvalue weighted by Crippen LogP contribution is 2.26. The number of aliphatic imine (C=N–C) groups is 1. The second-order valence-electron chi connectivity index (χ2n) is 5.56. The van der Waals surface area contributed by atoms with Crippen LogP contribution >= 0.6 is 11.8 Å². The molecule has 0 saturated carbocycles. The van der Waals surface area contributed by atoms with Crippen molar-refractivity contribution in [3.8, 4) is 5.75 Å². The lowest BCUT2D eigenvalue weighted by molar-refractivity contribution is -0.122. The van der Waals surface area contributed by atoms with Gasteiger partial charge in [-0.1, -0.05) is 36.0 Å². The number of amidine groups is 1. The van der Waals surface area contributed by atoms with Crippen molar-refractivity contribution in [3.63, 3.8) is 0 Å². The molecule has 2 N–H and O–H groups in total. The Labute approximate surface area is 156 Å². The van der Waals surface area contributed by atoms with Crippen molar-refractivity contribution in [1.29, 1.82) is 0 Å². The fraction of sp³-hybridized carbons (Fsp3) is 0.211. The zero-order chi connectivity index (χ0) is 18.4. The Morgan fingerprint density at radius 1 is 1.23 bits per heavy atom. The zero-order valence-corrected chi connectivity index (χ0v) is 15.1. The number of rotatable bonds is 6. The van der Waals surface area contributed by atoms with E-state index in [-0.39, 0.29) is 18.2 Å². The molecule has 0 aromatic heterocycles. The standard InChI is InChI=1S/C19H19N3O3S/c1-2-25-15-10-6-9-14(11-15)20-17(23)12-16-18(24)22-19(26-16)21-13-7-4-3-5-8-13/h3-11,16H,2,12H2,1H3,(H,20,23)(H,21,22,24). The van der Waals surface area contributed by atoms with Gasteiger partial charge in [-0.15, -0.1) is 0 Å². The number of benzene rings is 2.